The number of para-hydroxylation sites is 2. The van der Waals surface area contributed by atoms with Crippen LogP contribution in [0.1, 0.15) is 18.7 Å². The van der Waals surface area contributed by atoms with Crippen molar-refractivity contribution in [3.05, 3.63) is 34.6 Å². The minimum Gasteiger partial charge on any atom is -0.323 e. The minimum atomic E-state index is -0.110. The van der Waals surface area contributed by atoms with Gasteiger partial charge in [0.15, 0.2) is 0 Å². The molecule has 0 saturated heterocycles. The smallest absolute Gasteiger partial charge is 0.129 e. The van der Waals surface area contributed by atoms with Crippen molar-refractivity contribution >= 4 is 27.0 Å². The lowest BCUT2D eigenvalue weighted by molar-refractivity contribution is 0.773. The van der Waals surface area contributed by atoms with Crippen LogP contribution in [-0.4, -0.2) is 9.97 Å². The Bertz CT molecular complexity index is 468. The molecule has 2 rings (SSSR count). The summed E-state index contributed by atoms with van der Waals surface area (Å²) in [6, 6.07) is 7.63. The van der Waals surface area contributed by atoms with Crippen LogP contribution in [0.3, 0.4) is 0 Å². The summed E-state index contributed by atoms with van der Waals surface area (Å²) in [5.74, 6) is 0. The fourth-order valence-corrected chi connectivity index (χ4v) is 1.92. The summed E-state index contributed by atoms with van der Waals surface area (Å²) in [4.78, 5) is 8.81. The molecule has 1 aromatic carbocycles. The second-order valence-corrected chi connectivity index (χ2v) is 3.93. The van der Waals surface area contributed by atoms with Crippen molar-refractivity contribution in [3.8, 4) is 0 Å². The molecule has 0 aliphatic heterocycles. The first-order chi connectivity index (χ1) is 6.68. The Labute approximate surface area is 90.5 Å². The summed E-state index contributed by atoms with van der Waals surface area (Å²) in [6.45, 7) is 1.89. The fourth-order valence-electron chi connectivity index (χ4n) is 1.28. The van der Waals surface area contributed by atoms with E-state index in [1.165, 1.54) is 0 Å². The van der Waals surface area contributed by atoms with E-state index in [9.17, 15) is 0 Å². The van der Waals surface area contributed by atoms with Crippen molar-refractivity contribution in [2.45, 2.75) is 13.0 Å². The summed E-state index contributed by atoms with van der Waals surface area (Å²) in [7, 11) is 0. The quantitative estimate of drug-likeness (QED) is 0.847. The molecular formula is C10H10BrN3. The summed E-state index contributed by atoms with van der Waals surface area (Å²) >= 11 is 3.36. The Morgan fingerprint density at radius 3 is 2.36 bits per heavy atom. The molecule has 0 aliphatic carbocycles. The molecule has 3 nitrogen and oxygen atoms in total. The van der Waals surface area contributed by atoms with Crippen LogP contribution in [0.25, 0.3) is 11.0 Å². The average molecular weight is 252 g/mol. The van der Waals surface area contributed by atoms with Gasteiger partial charge in [0, 0.05) is 6.04 Å². The van der Waals surface area contributed by atoms with Gasteiger partial charge in [-0.3, -0.25) is 0 Å². The highest BCUT2D eigenvalue weighted by molar-refractivity contribution is 9.10. The second-order valence-electron chi connectivity index (χ2n) is 3.18. The lowest BCUT2D eigenvalue weighted by Crippen LogP contribution is -2.09. The number of fused-ring (bicyclic) bond motifs is 1. The molecule has 1 heterocycles. The number of rotatable bonds is 1. The van der Waals surface area contributed by atoms with Gasteiger partial charge >= 0.3 is 0 Å². The maximum Gasteiger partial charge on any atom is 0.129 e. The maximum atomic E-state index is 5.77. The number of hydrogen-bond acceptors (Lipinski definition) is 3. The van der Waals surface area contributed by atoms with Gasteiger partial charge in [0.2, 0.25) is 0 Å². The molecule has 1 unspecified atom stereocenters. The van der Waals surface area contributed by atoms with Crippen molar-refractivity contribution < 1.29 is 0 Å². The van der Waals surface area contributed by atoms with E-state index in [2.05, 4.69) is 25.9 Å². The average Bonchev–Trinajstić information content (AvgIpc) is 2.16. The number of halogens is 1. The minimum absolute atomic E-state index is 0.110. The van der Waals surface area contributed by atoms with Gasteiger partial charge in [-0.25, -0.2) is 9.97 Å². The van der Waals surface area contributed by atoms with Gasteiger partial charge < -0.3 is 5.73 Å². The maximum absolute atomic E-state index is 5.77. The zero-order valence-electron chi connectivity index (χ0n) is 7.74. The molecule has 1 atom stereocenters. The SMILES string of the molecule is CC(N)c1nc2ccccc2nc1Br. The molecule has 0 saturated carbocycles. The molecule has 2 N–H and O–H groups in total. The molecule has 2 aromatic rings. The van der Waals surface area contributed by atoms with Gasteiger partial charge in [-0.2, -0.15) is 0 Å². The monoisotopic (exact) mass is 251 g/mol. The lowest BCUT2D eigenvalue weighted by Gasteiger charge is -2.07. The van der Waals surface area contributed by atoms with Crippen LogP contribution in [0.5, 0.6) is 0 Å². The Morgan fingerprint density at radius 2 is 1.79 bits per heavy atom. The Balaban J connectivity index is 2.71. The zero-order chi connectivity index (χ0) is 10.1. The van der Waals surface area contributed by atoms with Crippen LogP contribution in [0, 0.1) is 0 Å². The standard InChI is InChI=1S/C10H10BrN3/c1-6(12)9-10(11)14-8-5-3-2-4-7(8)13-9/h2-6H,12H2,1H3. The summed E-state index contributed by atoms with van der Waals surface area (Å²) < 4.78 is 0.728. The molecule has 4 heteroatoms. The molecule has 0 fully saturated rings. The first kappa shape index (κ1) is 9.55. The van der Waals surface area contributed by atoms with Crippen molar-refractivity contribution in [1.82, 2.24) is 9.97 Å². The van der Waals surface area contributed by atoms with Crippen molar-refractivity contribution in [2.24, 2.45) is 5.73 Å². The van der Waals surface area contributed by atoms with Crippen LogP contribution < -0.4 is 5.73 Å². The van der Waals surface area contributed by atoms with Crippen molar-refractivity contribution in [1.29, 1.82) is 0 Å². The highest BCUT2D eigenvalue weighted by Crippen LogP contribution is 2.20. The molecular weight excluding hydrogens is 242 g/mol. The number of benzene rings is 1. The normalized spacial score (nSPS) is 13.1. The molecule has 0 aliphatic rings. The van der Waals surface area contributed by atoms with E-state index in [0.29, 0.717) is 0 Å². The van der Waals surface area contributed by atoms with Gasteiger partial charge in [-0.15, -0.1) is 0 Å². The summed E-state index contributed by atoms with van der Waals surface area (Å²) in [6.07, 6.45) is 0. The van der Waals surface area contributed by atoms with Crippen LogP contribution in [-0.2, 0) is 0 Å². The van der Waals surface area contributed by atoms with E-state index in [1.54, 1.807) is 0 Å². The number of nitrogens with two attached hydrogens (primary N) is 1. The lowest BCUT2D eigenvalue weighted by atomic mass is 10.2. The largest absolute Gasteiger partial charge is 0.323 e. The van der Waals surface area contributed by atoms with Gasteiger partial charge in [0.1, 0.15) is 4.60 Å². The van der Waals surface area contributed by atoms with Crippen LogP contribution in [0.4, 0.5) is 0 Å². The topological polar surface area (TPSA) is 51.8 Å². The van der Waals surface area contributed by atoms with Crippen molar-refractivity contribution in [3.63, 3.8) is 0 Å². The Morgan fingerprint density at radius 1 is 1.21 bits per heavy atom. The second kappa shape index (κ2) is 3.63. The third-order valence-electron chi connectivity index (χ3n) is 1.98. The Hall–Kier alpha value is -1.00. The first-order valence-electron chi connectivity index (χ1n) is 4.36. The van der Waals surface area contributed by atoms with Crippen LogP contribution >= 0.6 is 15.9 Å². The predicted octanol–water partition coefficient (Wildman–Crippen LogP) is 2.41. The van der Waals surface area contributed by atoms with Gasteiger partial charge in [0.05, 0.1) is 16.7 Å². The van der Waals surface area contributed by atoms with E-state index >= 15 is 0 Å². The zero-order valence-corrected chi connectivity index (χ0v) is 9.32. The molecule has 14 heavy (non-hydrogen) atoms. The fraction of sp³-hybridized carbons (Fsp3) is 0.200. The number of aromatic nitrogens is 2. The summed E-state index contributed by atoms with van der Waals surface area (Å²) in [5, 5.41) is 0. The van der Waals surface area contributed by atoms with Crippen molar-refractivity contribution in [2.75, 3.05) is 0 Å². The third-order valence-corrected chi connectivity index (χ3v) is 2.57. The molecule has 0 spiro atoms. The van der Waals surface area contributed by atoms with E-state index in [1.807, 2.05) is 31.2 Å². The van der Waals surface area contributed by atoms with Crippen LogP contribution in [0.2, 0.25) is 0 Å². The van der Waals surface area contributed by atoms with Gasteiger partial charge in [-0.05, 0) is 35.0 Å². The highest BCUT2D eigenvalue weighted by Gasteiger charge is 2.09. The first-order valence-corrected chi connectivity index (χ1v) is 5.15. The molecule has 0 amide bonds. The third kappa shape index (κ3) is 1.63. The molecule has 72 valence electrons. The van der Waals surface area contributed by atoms with E-state index in [4.69, 9.17) is 5.73 Å². The van der Waals surface area contributed by atoms with Gasteiger partial charge in [0.25, 0.3) is 0 Å². The van der Waals surface area contributed by atoms with E-state index in [-0.39, 0.29) is 6.04 Å². The van der Waals surface area contributed by atoms with E-state index in [0.717, 1.165) is 21.3 Å². The Kier molecular flexibility index (Phi) is 2.48. The predicted molar refractivity (Wildman–Crippen MR) is 59.8 cm³/mol. The van der Waals surface area contributed by atoms with Gasteiger partial charge in [-0.1, -0.05) is 12.1 Å². The highest BCUT2D eigenvalue weighted by atomic mass is 79.9. The van der Waals surface area contributed by atoms with E-state index < -0.39 is 0 Å². The number of nitrogens with zero attached hydrogens (tertiary/aromatic N) is 2. The molecule has 1 aromatic heterocycles. The van der Waals surface area contributed by atoms with Crippen LogP contribution in [0.15, 0.2) is 28.9 Å². The molecule has 0 bridgehead atoms. The molecule has 0 radical (unpaired) electrons. The summed E-state index contributed by atoms with van der Waals surface area (Å²) in [5.41, 5.74) is 8.32. The number of hydrogen-bond donors (Lipinski definition) is 1.